The van der Waals surface area contributed by atoms with Crippen molar-refractivity contribution >= 4 is 23.5 Å². The highest BCUT2D eigenvalue weighted by Gasteiger charge is 2.16. The number of esters is 1. The summed E-state index contributed by atoms with van der Waals surface area (Å²) >= 11 is 0. The van der Waals surface area contributed by atoms with E-state index < -0.39 is 23.9 Å². The van der Waals surface area contributed by atoms with Crippen molar-refractivity contribution in [2.24, 2.45) is 5.73 Å². The zero-order chi connectivity index (χ0) is 16.5. The summed E-state index contributed by atoms with van der Waals surface area (Å²) in [6.45, 7) is 3.28. The number of ether oxygens (including phenoxy) is 1. The van der Waals surface area contributed by atoms with Crippen LogP contribution in [0.2, 0.25) is 0 Å². The van der Waals surface area contributed by atoms with Gasteiger partial charge in [0.1, 0.15) is 0 Å². The van der Waals surface area contributed by atoms with E-state index >= 15 is 0 Å². The number of primary amides is 1. The molecule has 0 radical (unpaired) electrons. The molecule has 0 aromatic heterocycles. The van der Waals surface area contributed by atoms with Crippen LogP contribution in [0.15, 0.2) is 48.6 Å². The second kappa shape index (κ2) is 8.41. The Labute approximate surface area is 128 Å². The first-order chi connectivity index (χ1) is 10.4. The van der Waals surface area contributed by atoms with Crippen molar-refractivity contribution in [3.8, 4) is 0 Å². The Morgan fingerprint density at radius 1 is 1.18 bits per heavy atom. The minimum absolute atomic E-state index is 0.339. The summed E-state index contributed by atoms with van der Waals surface area (Å²) < 4.78 is 4.95. The second-order valence-corrected chi connectivity index (χ2v) is 4.39. The number of carbonyl (C=O) groups is 3. The fourth-order valence-electron chi connectivity index (χ4n) is 1.47. The zero-order valence-electron chi connectivity index (χ0n) is 12.4. The van der Waals surface area contributed by atoms with Crippen LogP contribution in [0, 0.1) is 0 Å². The Bertz CT molecular complexity index is 603. The van der Waals surface area contributed by atoms with Crippen molar-refractivity contribution in [1.29, 1.82) is 0 Å². The summed E-state index contributed by atoms with van der Waals surface area (Å²) in [5, 5.41) is 2.57. The van der Waals surface area contributed by atoms with Crippen LogP contribution in [0.5, 0.6) is 0 Å². The fourth-order valence-corrected chi connectivity index (χ4v) is 1.47. The Hall–Kier alpha value is -2.89. The minimum Gasteiger partial charge on any atom is -0.449 e. The van der Waals surface area contributed by atoms with E-state index in [4.69, 9.17) is 10.5 Å². The second-order valence-electron chi connectivity index (χ2n) is 4.39. The molecule has 6 nitrogen and oxygen atoms in total. The highest BCUT2D eigenvalue weighted by molar-refractivity contribution is 5.97. The molecule has 0 heterocycles. The van der Waals surface area contributed by atoms with Crippen molar-refractivity contribution in [1.82, 2.24) is 0 Å². The molecule has 0 fully saturated rings. The third-order valence-electron chi connectivity index (χ3n) is 2.63. The van der Waals surface area contributed by atoms with Crippen molar-refractivity contribution in [2.45, 2.75) is 20.0 Å². The first-order valence-electron chi connectivity index (χ1n) is 6.64. The smallest absolute Gasteiger partial charge is 0.331 e. The van der Waals surface area contributed by atoms with Crippen LogP contribution in [0.25, 0.3) is 0 Å². The molecule has 0 spiro atoms. The predicted octanol–water partition coefficient (Wildman–Crippen LogP) is 1.79. The van der Waals surface area contributed by atoms with Crippen LogP contribution in [-0.2, 0) is 14.3 Å². The summed E-state index contributed by atoms with van der Waals surface area (Å²) in [7, 11) is 0. The number of amides is 2. The summed E-state index contributed by atoms with van der Waals surface area (Å²) in [6.07, 6.45) is 5.24. The summed E-state index contributed by atoms with van der Waals surface area (Å²) in [5.41, 5.74) is 5.94. The molecule has 0 saturated heterocycles. The van der Waals surface area contributed by atoms with Gasteiger partial charge in [-0.3, -0.25) is 9.59 Å². The first kappa shape index (κ1) is 17.2. The molecule has 116 valence electrons. The molecule has 0 bridgehead atoms. The lowest BCUT2D eigenvalue weighted by molar-refractivity contribution is -0.148. The van der Waals surface area contributed by atoms with Crippen LogP contribution in [0.1, 0.15) is 24.2 Å². The number of hydrogen-bond donors (Lipinski definition) is 2. The molecule has 0 unspecified atom stereocenters. The molecule has 1 aromatic carbocycles. The maximum Gasteiger partial charge on any atom is 0.331 e. The van der Waals surface area contributed by atoms with Crippen LogP contribution in [0.4, 0.5) is 5.69 Å². The van der Waals surface area contributed by atoms with Crippen molar-refractivity contribution < 1.29 is 19.1 Å². The van der Waals surface area contributed by atoms with Crippen LogP contribution in [0.3, 0.4) is 0 Å². The fraction of sp³-hybridized carbons (Fsp3) is 0.188. The monoisotopic (exact) mass is 302 g/mol. The molecular weight excluding hydrogens is 284 g/mol. The summed E-state index contributed by atoms with van der Waals surface area (Å²) in [5.74, 6) is -1.63. The number of benzene rings is 1. The van der Waals surface area contributed by atoms with Gasteiger partial charge in [-0.1, -0.05) is 18.2 Å². The van der Waals surface area contributed by atoms with Gasteiger partial charge in [-0.05, 0) is 38.1 Å². The molecule has 0 saturated carbocycles. The molecule has 0 aliphatic heterocycles. The van der Waals surface area contributed by atoms with E-state index in [0.717, 1.165) is 0 Å². The quantitative estimate of drug-likeness (QED) is 0.475. The third-order valence-corrected chi connectivity index (χ3v) is 2.63. The Morgan fingerprint density at radius 3 is 2.36 bits per heavy atom. The minimum atomic E-state index is -0.946. The lowest BCUT2D eigenvalue weighted by atomic mass is 10.2. The van der Waals surface area contributed by atoms with Gasteiger partial charge in [-0.2, -0.15) is 0 Å². The average Bonchev–Trinajstić information content (AvgIpc) is 2.47. The Balaban J connectivity index is 2.56. The van der Waals surface area contributed by atoms with Gasteiger partial charge in [-0.15, -0.1) is 0 Å². The van der Waals surface area contributed by atoms with Gasteiger partial charge in [0.2, 0.25) is 5.91 Å². The average molecular weight is 302 g/mol. The zero-order valence-corrected chi connectivity index (χ0v) is 12.4. The lowest BCUT2D eigenvalue weighted by Crippen LogP contribution is -2.29. The molecule has 1 rings (SSSR count). The summed E-state index contributed by atoms with van der Waals surface area (Å²) in [6, 6.07) is 6.07. The van der Waals surface area contributed by atoms with E-state index in [1.54, 1.807) is 24.3 Å². The van der Waals surface area contributed by atoms with Crippen molar-refractivity contribution in [3.63, 3.8) is 0 Å². The van der Waals surface area contributed by atoms with Gasteiger partial charge in [-0.25, -0.2) is 4.79 Å². The topological polar surface area (TPSA) is 98.5 Å². The maximum atomic E-state index is 11.9. The van der Waals surface area contributed by atoms with Gasteiger partial charge in [0.15, 0.2) is 6.10 Å². The highest BCUT2D eigenvalue weighted by atomic mass is 16.5. The number of nitrogens with one attached hydrogen (secondary N) is 1. The van der Waals surface area contributed by atoms with Crippen LogP contribution >= 0.6 is 0 Å². The number of nitrogens with two attached hydrogens (primary N) is 1. The standard InChI is InChI=1S/C16H18N2O4/c1-3-4-5-6-14(19)22-11(2)16(21)18-13-9-7-12(8-10-13)15(17)20/h3-11H,1-2H3,(H2,17,20)(H,18,21)/b4-3+,6-5+/t11-/m0/s1. The van der Waals surface area contributed by atoms with Gasteiger partial charge >= 0.3 is 5.97 Å². The number of rotatable bonds is 6. The normalized spacial score (nSPS) is 12.3. The molecule has 6 heteroatoms. The van der Waals surface area contributed by atoms with E-state index in [0.29, 0.717) is 11.3 Å². The van der Waals surface area contributed by atoms with E-state index in [2.05, 4.69) is 5.32 Å². The van der Waals surface area contributed by atoms with Gasteiger partial charge in [0.05, 0.1) is 0 Å². The van der Waals surface area contributed by atoms with E-state index in [9.17, 15) is 14.4 Å². The van der Waals surface area contributed by atoms with Gasteiger partial charge in [0.25, 0.3) is 5.91 Å². The SMILES string of the molecule is C/C=C/C=C/C(=O)O[C@@H](C)C(=O)Nc1ccc(C(N)=O)cc1. The lowest BCUT2D eigenvalue weighted by Gasteiger charge is -2.12. The molecule has 1 atom stereocenters. The molecule has 3 N–H and O–H groups in total. The van der Waals surface area contributed by atoms with E-state index in [-0.39, 0.29) is 0 Å². The van der Waals surface area contributed by atoms with Crippen molar-refractivity contribution in [3.05, 3.63) is 54.1 Å². The Kier molecular flexibility index (Phi) is 6.56. The van der Waals surface area contributed by atoms with E-state index in [1.807, 2.05) is 6.92 Å². The predicted molar refractivity (Wildman–Crippen MR) is 83.1 cm³/mol. The number of hydrogen-bond acceptors (Lipinski definition) is 4. The van der Waals surface area contributed by atoms with Gasteiger partial charge in [0, 0.05) is 17.3 Å². The largest absolute Gasteiger partial charge is 0.449 e. The van der Waals surface area contributed by atoms with Gasteiger partial charge < -0.3 is 15.8 Å². The molecule has 2 amide bonds. The molecule has 0 aliphatic carbocycles. The molecule has 0 aliphatic rings. The van der Waals surface area contributed by atoms with Crippen LogP contribution < -0.4 is 11.1 Å². The summed E-state index contributed by atoms with van der Waals surface area (Å²) in [4.78, 5) is 34.2. The number of allylic oxidation sites excluding steroid dienone is 3. The molecule has 22 heavy (non-hydrogen) atoms. The third kappa shape index (κ3) is 5.62. The number of carbonyl (C=O) groups excluding carboxylic acids is 3. The number of anilines is 1. The first-order valence-corrected chi connectivity index (χ1v) is 6.64. The molecular formula is C16H18N2O4. The highest BCUT2D eigenvalue weighted by Crippen LogP contribution is 2.10. The molecule has 1 aromatic rings. The van der Waals surface area contributed by atoms with Crippen molar-refractivity contribution in [2.75, 3.05) is 5.32 Å². The Morgan fingerprint density at radius 2 is 1.82 bits per heavy atom. The van der Waals surface area contributed by atoms with Crippen LogP contribution in [-0.4, -0.2) is 23.9 Å². The maximum absolute atomic E-state index is 11.9. The van der Waals surface area contributed by atoms with E-state index in [1.165, 1.54) is 31.2 Å².